The Morgan fingerprint density at radius 1 is 1.50 bits per heavy atom. The lowest BCUT2D eigenvalue weighted by molar-refractivity contribution is -0.146. The molecule has 0 aromatic carbocycles. The van der Waals surface area contributed by atoms with Crippen molar-refractivity contribution in [3.8, 4) is 0 Å². The van der Waals surface area contributed by atoms with Crippen molar-refractivity contribution < 1.29 is 9.53 Å². The standard InChI is InChI=1S/C12H25NO2S/c1-6-13-12(4,11(14)15-5)9-16-8-7-10(2)3/h10,13H,6-9H2,1-5H3. The van der Waals surface area contributed by atoms with Crippen molar-refractivity contribution in [1.29, 1.82) is 0 Å². The van der Waals surface area contributed by atoms with Gasteiger partial charge in [0.25, 0.3) is 0 Å². The number of nitrogens with one attached hydrogen (secondary N) is 1. The molecular formula is C12H25NO2S. The van der Waals surface area contributed by atoms with Gasteiger partial charge in [-0.25, -0.2) is 0 Å². The van der Waals surface area contributed by atoms with Crippen LogP contribution in [0, 0.1) is 5.92 Å². The van der Waals surface area contributed by atoms with Crippen molar-refractivity contribution in [2.24, 2.45) is 5.92 Å². The zero-order chi connectivity index (χ0) is 12.6. The first-order chi connectivity index (χ1) is 7.46. The fourth-order valence-electron chi connectivity index (χ4n) is 1.39. The highest BCUT2D eigenvalue weighted by atomic mass is 32.2. The number of carbonyl (C=O) groups is 1. The van der Waals surface area contributed by atoms with Crippen molar-refractivity contribution in [3.63, 3.8) is 0 Å². The molecule has 0 aromatic heterocycles. The third-order valence-corrected chi connectivity index (χ3v) is 3.74. The van der Waals surface area contributed by atoms with Crippen molar-refractivity contribution in [2.45, 2.75) is 39.7 Å². The number of thioether (sulfide) groups is 1. The maximum Gasteiger partial charge on any atom is 0.326 e. The van der Waals surface area contributed by atoms with Crippen LogP contribution in [0.5, 0.6) is 0 Å². The summed E-state index contributed by atoms with van der Waals surface area (Å²) in [6, 6.07) is 0. The van der Waals surface area contributed by atoms with Gasteiger partial charge >= 0.3 is 5.97 Å². The van der Waals surface area contributed by atoms with Gasteiger partial charge < -0.3 is 10.1 Å². The molecule has 16 heavy (non-hydrogen) atoms. The van der Waals surface area contributed by atoms with Gasteiger partial charge in [-0.2, -0.15) is 11.8 Å². The van der Waals surface area contributed by atoms with E-state index in [4.69, 9.17) is 4.74 Å². The third-order valence-electron chi connectivity index (χ3n) is 2.43. The van der Waals surface area contributed by atoms with Gasteiger partial charge in [-0.05, 0) is 31.6 Å². The summed E-state index contributed by atoms with van der Waals surface area (Å²) in [5, 5.41) is 3.20. The van der Waals surface area contributed by atoms with Crippen LogP contribution in [0.15, 0.2) is 0 Å². The molecule has 0 rings (SSSR count). The normalized spacial score (nSPS) is 14.9. The molecule has 0 spiro atoms. The van der Waals surface area contributed by atoms with E-state index in [0.29, 0.717) is 0 Å². The molecule has 4 heteroatoms. The van der Waals surface area contributed by atoms with Gasteiger partial charge in [0.05, 0.1) is 7.11 Å². The molecule has 0 aliphatic rings. The van der Waals surface area contributed by atoms with E-state index in [1.807, 2.05) is 25.6 Å². The second-order valence-corrected chi connectivity index (χ2v) is 5.69. The van der Waals surface area contributed by atoms with Gasteiger partial charge in [0.1, 0.15) is 5.54 Å². The second-order valence-electron chi connectivity index (χ2n) is 4.59. The number of ether oxygens (including phenoxy) is 1. The Balaban J connectivity index is 4.07. The van der Waals surface area contributed by atoms with Crippen LogP contribution in [0.4, 0.5) is 0 Å². The lowest BCUT2D eigenvalue weighted by Crippen LogP contribution is -2.52. The summed E-state index contributed by atoms with van der Waals surface area (Å²) in [6.07, 6.45) is 1.19. The van der Waals surface area contributed by atoms with E-state index < -0.39 is 5.54 Å². The molecule has 3 nitrogen and oxygen atoms in total. The van der Waals surface area contributed by atoms with Crippen LogP contribution in [0.2, 0.25) is 0 Å². The van der Waals surface area contributed by atoms with E-state index in [9.17, 15) is 4.79 Å². The summed E-state index contributed by atoms with van der Waals surface area (Å²) < 4.78 is 4.83. The quantitative estimate of drug-likeness (QED) is 0.528. The molecular weight excluding hydrogens is 222 g/mol. The first-order valence-corrected chi connectivity index (χ1v) is 7.03. The van der Waals surface area contributed by atoms with E-state index in [1.54, 1.807) is 0 Å². The Labute approximate surface area is 104 Å². The van der Waals surface area contributed by atoms with Gasteiger partial charge in [-0.15, -0.1) is 0 Å². The van der Waals surface area contributed by atoms with Gasteiger partial charge in [0.15, 0.2) is 0 Å². The lowest BCUT2D eigenvalue weighted by atomic mass is 10.1. The summed E-state index contributed by atoms with van der Waals surface area (Å²) in [5.74, 6) is 2.40. The average Bonchev–Trinajstić information content (AvgIpc) is 2.23. The minimum Gasteiger partial charge on any atom is -0.468 e. The Bertz CT molecular complexity index is 209. The van der Waals surface area contributed by atoms with Crippen LogP contribution in [0.1, 0.15) is 34.1 Å². The molecule has 96 valence electrons. The van der Waals surface area contributed by atoms with Crippen LogP contribution >= 0.6 is 11.8 Å². The van der Waals surface area contributed by atoms with E-state index in [2.05, 4.69) is 19.2 Å². The third kappa shape index (κ3) is 5.75. The Hall–Kier alpha value is -0.220. The molecule has 0 fully saturated rings. The maximum atomic E-state index is 11.7. The Kier molecular flexibility index (Phi) is 7.85. The van der Waals surface area contributed by atoms with E-state index in [-0.39, 0.29) is 5.97 Å². The van der Waals surface area contributed by atoms with E-state index in [1.165, 1.54) is 13.5 Å². The van der Waals surface area contributed by atoms with Crippen LogP contribution in [0.3, 0.4) is 0 Å². The fourth-order valence-corrected chi connectivity index (χ4v) is 2.80. The fraction of sp³-hybridized carbons (Fsp3) is 0.917. The molecule has 0 saturated carbocycles. The van der Waals surface area contributed by atoms with Gasteiger partial charge in [0, 0.05) is 5.75 Å². The highest BCUT2D eigenvalue weighted by Gasteiger charge is 2.32. The highest BCUT2D eigenvalue weighted by Crippen LogP contribution is 2.17. The number of likely N-dealkylation sites (N-methyl/N-ethyl adjacent to an activating group) is 1. The van der Waals surface area contributed by atoms with Gasteiger partial charge in [-0.1, -0.05) is 20.8 Å². The van der Waals surface area contributed by atoms with Gasteiger partial charge in [-0.3, -0.25) is 4.79 Å². The molecule has 0 heterocycles. The first-order valence-electron chi connectivity index (χ1n) is 5.87. The summed E-state index contributed by atoms with van der Waals surface area (Å²) in [5.41, 5.74) is -0.550. The maximum absolute atomic E-state index is 11.7. The molecule has 0 saturated heterocycles. The number of carbonyl (C=O) groups excluding carboxylic acids is 1. The Morgan fingerprint density at radius 3 is 2.56 bits per heavy atom. The van der Waals surface area contributed by atoms with Crippen LogP contribution < -0.4 is 5.32 Å². The summed E-state index contributed by atoms with van der Waals surface area (Å²) >= 11 is 1.81. The zero-order valence-corrected chi connectivity index (χ0v) is 11.9. The molecule has 0 radical (unpaired) electrons. The molecule has 0 aromatic rings. The molecule has 1 atom stereocenters. The number of esters is 1. The summed E-state index contributed by atoms with van der Waals surface area (Å²) in [7, 11) is 1.44. The lowest BCUT2D eigenvalue weighted by Gasteiger charge is -2.27. The summed E-state index contributed by atoms with van der Waals surface area (Å²) in [4.78, 5) is 11.7. The summed E-state index contributed by atoms with van der Waals surface area (Å²) in [6.45, 7) is 9.11. The zero-order valence-electron chi connectivity index (χ0n) is 11.1. The largest absolute Gasteiger partial charge is 0.468 e. The van der Waals surface area contributed by atoms with E-state index >= 15 is 0 Å². The predicted molar refractivity (Wildman–Crippen MR) is 70.9 cm³/mol. The molecule has 0 amide bonds. The van der Waals surface area contributed by atoms with E-state index in [0.717, 1.165) is 24.0 Å². The number of rotatable bonds is 8. The molecule has 0 aliphatic heterocycles. The first kappa shape index (κ1) is 15.8. The molecule has 0 bridgehead atoms. The topological polar surface area (TPSA) is 38.3 Å². The second kappa shape index (κ2) is 7.96. The smallest absolute Gasteiger partial charge is 0.326 e. The minimum absolute atomic E-state index is 0.175. The minimum atomic E-state index is -0.550. The predicted octanol–water partition coefficient (Wildman–Crippen LogP) is 2.31. The van der Waals surface area contributed by atoms with Crippen molar-refractivity contribution in [2.75, 3.05) is 25.2 Å². The van der Waals surface area contributed by atoms with Crippen LogP contribution in [-0.4, -0.2) is 36.7 Å². The monoisotopic (exact) mass is 247 g/mol. The number of hydrogen-bond donors (Lipinski definition) is 1. The van der Waals surface area contributed by atoms with Crippen LogP contribution in [0.25, 0.3) is 0 Å². The Morgan fingerprint density at radius 2 is 2.12 bits per heavy atom. The average molecular weight is 247 g/mol. The number of hydrogen-bond acceptors (Lipinski definition) is 4. The van der Waals surface area contributed by atoms with Crippen molar-refractivity contribution >= 4 is 17.7 Å². The van der Waals surface area contributed by atoms with Crippen LogP contribution in [-0.2, 0) is 9.53 Å². The SMILES string of the molecule is CCNC(C)(CSCCC(C)C)C(=O)OC. The highest BCUT2D eigenvalue weighted by molar-refractivity contribution is 7.99. The molecule has 0 aliphatic carbocycles. The van der Waals surface area contributed by atoms with Crippen molar-refractivity contribution in [3.05, 3.63) is 0 Å². The van der Waals surface area contributed by atoms with Crippen molar-refractivity contribution in [1.82, 2.24) is 5.32 Å². The molecule has 1 unspecified atom stereocenters. The molecule has 1 N–H and O–H groups in total. The van der Waals surface area contributed by atoms with Gasteiger partial charge in [0.2, 0.25) is 0 Å². The number of methoxy groups -OCH3 is 1.